The van der Waals surface area contributed by atoms with Crippen molar-refractivity contribution < 1.29 is 9.59 Å². The molecule has 0 saturated carbocycles. The molecule has 0 radical (unpaired) electrons. The molecule has 2 rings (SSSR count). The Balaban J connectivity index is 1.83. The second-order valence-corrected chi connectivity index (χ2v) is 6.58. The first-order valence-corrected chi connectivity index (χ1v) is 8.93. The summed E-state index contributed by atoms with van der Waals surface area (Å²) < 4.78 is 0. The first-order valence-electron chi connectivity index (χ1n) is 8.05. The SMILES string of the molecule is CCc1cccc(NC(=O)CCC(=O)N(C)C(C)c2nccs2)c1. The van der Waals surface area contributed by atoms with E-state index in [4.69, 9.17) is 0 Å². The maximum atomic E-state index is 12.3. The van der Waals surface area contributed by atoms with Crippen LogP contribution in [-0.2, 0) is 16.0 Å². The molecule has 1 aromatic heterocycles. The second kappa shape index (κ2) is 8.59. The van der Waals surface area contributed by atoms with Crippen molar-refractivity contribution in [2.24, 2.45) is 0 Å². The molecular weight excluding hydrogens is 322 g/mol. The van der Waals surface area contributed by atoms with Crippen LogP contribution in [0.5, 0.6) is 0 Å². The summed E-state index contributed by atoms with van der Waals surface area (Å²) in [5.74, 6) is -0.206. The molecule has 1 N–H and O–H groups in total. The van der Waals surface area contributed by atoms with Crippen LogP contribution in [0.3, 0.4) is 0 Å². The van der Waals surface area contributed by atoms with Crippen molar-refractivity contribution in [1.82, 2.24) is 9.88 Å². The summed E-state index contributed by atoms with van der Waals surface area (Å²) in [6, 6.07) is 7.67. The fourth-order valence-corrected chi connectivity index (χ4v) is 3.05. The van der Waals surface area contributed by atoms with E-state index in [9.17, 15) is 9.59 Å². The largest absolute Gasteiger partial charge is 0.337 e. The van der Waals surface area contributed by atoms with Crippen LogP contribution >= 0.6 is 11.3 Å². The van der Waals surface area contributed by atoms with Crippen LogP contribution < -0.4 is 5.32 Å². The number of aromatic nitrogens is 1. The molecule has 1 unspecified atom stereocenters. The average Bonchev–Trinajstić information content (AvgIpc) is 3.13. The summed E-state index contributed by atoms with van der Waals surface area (Å²) in [6.07, 6.45) is 3.00. The van der Waals surface area contributed by atoms with Crippen molar-refractivity contribution in [3.63, 3.8) is 0 Å². The summed E-state index contributed by atoms with van der Waals surface area (Å²) in [4.78, 5) is 30.2. The number of hydrogen-bond acceptors (Lipinski definition) is 4. The van der Waals surface area contributed by atoms with E-state index >= 15 is 0 Å². The molecule has 1 atom stereocenters. The van der Waals surface area contributed by atoms with Crippen LogP contribution in [0.2, 0.25) is 0 Å². The highest BCUT2D eigenvalue weighted by atomic mass is 32.1. The van der Waals surface area contributed by atoms with Gasteiger partial charge in [0.15, 0.2) is 0 Å². The lowest BCUT2D eigenvalue weighted by Gasteiger charge is -2.23. The molecular formula is C18H23N3O2S. The highest BCUT2D eigenvalue weighted by Crippen LogP contribution is 2.21. The number of amides is 2. The van der Waals surface area contributed by atoms with Crippen LogP contribution in [0.4, 0.5) is 5.69 Å². The van der Waals surface area contributed by atoms with Gasteiger partial charge >= 0.3 is 0 Å². The minimum atomic E-state index is -0.146. The molecule has 0 spiro atoms. The third-order valence-electron chi connectivity index (χ3n) is 3.97. The van der Waals surface area contributed by atoms with Gasteiger partial charge in [0.25, 0.3) is 0 Å². The van der Waals surface area contributed by atoms with Gasteiger partial charge < -0.3 is 10.2 Å². The van der Waals surface area contributed by atoms with E-state index in [-0.39, 0.29) is 30.7 Å². The smallest absolute Gasteiger partial charge is 0.224 e. The van der Waals surface area contributed by atoms with Crippen LogP contribution in [0.25, 0.3) is 0 Å². The summed E-state index contributed by atoms with van der Waals surface area (Å²) >= 11 is 1.52. The van der Waals surface area contributed by atoms with E-state index in [1.165, 1.54) is 16.9 Å². The monoisotopic (exact) mass is 345 g/mol. The Labute approximate surface area is 146 Å². The zero-order valence-electron chi connectivity index (χ0n) is 14.3. The Kier molecular flexibility index (Phi) is 6.49. The normalized spacial score (nSPS) is 11.8. The zero-order chi connectivity index (χ0) is 17.5. The fourth-order valence-electron chi connectivity index (χ4n) is 2.31. The molecule has 0 saturated heterocycles. The minimum absolute atomic E-state index is 0.0600. The van der Waals surface area contributed by atoms with E-state index in [2.05, 4.69) is 17.2 Å². The van der Waals surface area contributed by atoms with E-state index in [0.717, 1.165) is 17.1 Å². The number of carbonyl (C=O) groups excluding carboxylic acids is 2. The number of benzene rings is 1. The van der Waals surface area contributed by atoms with Crippen molar-refractivity contribution in [1.29, 1.82) is 0 Å². The van der Waals surface area contributed by atoms with Gasteiger partial charge in [0, 0.05) is 37.2 Å². The highest BCUT2D eigenvalue weighted by molar-refractivity contribution is 7.09. The Hall–Kier alpha value is -2.21. The standard InChI is InChI=1S/C18H23N3O2S/c1-4-14-6-5-7-15(12-14)20-16(22)8-9-17(23)21(3)13(2)18-19-10-11-24-18/h5-7,10-13H,4,8-9H2,1-3H3,(H,20,22). The van der Waals surface area contributed by atoms with Gasteiger partial charge in [-0.15, -0.1) is 11.3 Å². The minimum Gasteiger partial charge on any atom is -0.337 e. The van der Waals surface area contributed by atoms with E-state index in [1.807, 2.05) is 36.6 Å². The van der Waals surface area contributed by atoms with Gasteiger partial charge in [-0.3, -0.25) is 9.59 Å². The quantitative estimate of drug-likeness (QED) is 0.833. The molecule has 0 aliphatic heterocycles. The number of nitrogens with one attached hydrogen (secondary N) is 1. The first-order chi connectivity index (χ1) is 11.5. The molecule has 5 nitrogen and oxygen atoms in total. The summed E-state index contributed by atoms with van der Waals surface area (Å²) in [6.45, 7) is 4.01. The average molecular weight is 345 g/mol. The highest BCUT2D eigenvalue weighted by Gasteiger charge is 2.19. The molecule has 2 aromatic rings. The third kappa shape index (κ3) is 4.89. The van der Waals surface area contributed by atoms with E-state index < -0.39 is 0 Å². The second-order valence-electron chi connectivity index (χ2n) is 5.65. The number of anilines is 1. The van der Waals surface area contributed by atoms with Crippen molar-refractivity contribution in [2.45, 2.75) is 39.2 Å². The van der Waals surface area contributed by atoms with Crippen LogP contribution in [0.15, 0.2) is 35.8 Å². The molecule has 0 aliphatic carbocycles. The van der Waals surface area contributed by atoms with Gasteiger partial charge in [-0.2, -0.15) is 0 Å². The van der Waals surface area contributed by atoms with Crippen LogP contribution in [0, 0.1) is 0 Å². The molecule has 0 aliphatic rings. The summed E-state index contributed by atoms with van der Waals surface area (Å²) in [5.41, 5.74) is 1.94. The van der Waals surface area contributed by atoms with Crippen molar-refractivity contribution in [3.05, 3.63) is 46.4 Å². The Morgan fingerprint density at radius 3 is 2.79 bits per heavy atom. The number of nitrogens with zero attached hydrogens (tertiary/aromatic N) is 2. The predicted molar refractivity (Wildman–Crippen MR) is 97.0 cm³/mol. The van der Waals surface area contributed by atoms with Gasteiger partial charge in [-0.05, 0) is 31.0 Å². The maximum Gasteiger partial charge on any atom is 0.224 e. The predicted octanol–water partition coefficient (Wildman–Crippen LogP) is 3.64. The lowest BCUT2D eigenvalue weighted by Crippen LogP contribution is -2.30. The van der Waals surface area contributed by atoms with Gasteiger partial charge in [-0.1, -0.05) is 19.1 Å². The first kappa shape index (κ1) is 18.1. The van der Waals surface area contributed by atoms with Gasteiger partial charge in [0.05, 0.1) is 6.04 Å². The summed E-state index contributed by atoms with van der Waals surface area (Å²) in [5, 5.41) is 5.63. The third-order valence-corrected chi connectivity index (χ3v) is 4.91. The van der Waals surface area contributed by atoms with Crippen LogP contribution in [-0.4, -0.2) is 28.7 Å². The Morgan fingerprint density at radius 2 is 2.12 bits per heavy atom. The van der Waals surface area contributed by atoms with E-state index in [1.54, 1.807) is 18.1 Å². The number of aryl methyl sites for hydroxylation is 1. The van der Waals surface area contributed by atoms with Gasteiger partial charge in [-0.25, -0.2) is 4.98 Å². The fraction of sp³-hybridized carbons (Fsp3) is 0.389. The maximum absolute atomic E-state index is 12.3. The van der Waals surface area contributed by atoms with Gasteiger partial charge in [0.1, 0.15) is 5.01 Å². The lowest BCUT2D eigenvalue weighted by atomic mass is 10.1. The molecule has 1 heterocycles. The van der Waals surface area contributed by atoms with Crippen molar-refractivity contribution in [2.75, 3.05) is 12.4 Å². The topological polar surface area (TPSA) is 62.3 Å². The van der Waals surface area contributed by atoms with Crippen molar-refractivity contribution >= 4 is 28.8 Å². The van der Waals surface area contributed by atoms with Gasteiger partial charge in [0.2, 0.25) is 11.8 Å². The van der Waals surface area contributed by atoms with Crippen molar-refractivity contribution in [3.8, 4) is 0 Å². The molecule has 2 amide bonds. The number of carbonyl (C=O) groups is 2. The van der Waals surface area contributed by atoms with Crippen LogP contribution in [0.1, 0.15) is 43.3 Å². The number of hydrogen-bond donors (Lipinski definition) is 1. The molecule has 24 heavy (non-hydrogen) atoms. The Morgan fingerprint density at radius 1 is 1.33 bits per heavy atom. The molecule has 128 valence electrons. The molecule has 6 heteroatoms. The Bertz CT molecular complexity index is 685. The lowest BCUT2D eigenvalue weighted by molar-refractivity contribution is -0.133. The molecule has 1 aromatic carbocycles. The number of rotatable bonds is 7. The molecule has 0 bridgehead atoms. The zero-order valence-corrected chi connectivity index (χ0v) is 15.1. The van der Waals surface area contributed by atoms with E-state index in [0.29, 0.717) is 0 Å². The summed E-state index contributed by atoms with van der Waals surface area (Å²) in [7, 11) is 1.75. The molecule has 0 fully saturated rings. The number of thiazole rings is 1.